The van der Waals surface area contributed by atoms with Crippen molar-refractivity contribution in [2.45, 2.75) is 38.5 Å². The average Bonchev–Trinajstić information content (AvgIpc) is 3.44. The maximum atomic E-state index is 13.6. The molecule has 0 saturated heterocycles. The number of methoxy groups -OCH3 is 1. The lowest BCUT2D eigenvalue weighted by Crippen LogP contribution is -2.32. The van der Waals surface area contributed by atoms with E-state index in [1.54, 1.807) is 5.38 Å². The summed E-state index contributed by atoms with van der Waals surface area (Å²) in [5, 5.41) is 4.81. The molecule has 4 rings (SSSR count). The number of hydrogen-bond acceptors (Lipinski definition) is 8. The number of amides is 1. The summed E-state index contributed by atoms with van der Waals surface area (Å²) in [7, 11) is -1.87. The second kappa shape index (κ2) is 11.0. The van der Waals surface area contributed by atoms with Crippen molar-refractivity contribution in [2.75, 3.05) is 20.0 Å². The van der Waals surface area contributed by atoms with Crippen molar-refractivity contribution >= 4 is 37.5 Å². The zero-order valence-corrected chi connectivity index (χ0v) is 21.4. The summed E-state index contributed by atoms with van der Waals surface area (Å²) in [5.74, 6) is -0.880. The molecule has 2 atom stereocenters. The number of hydrogen-bond donors (Lipinski definition) is 3. The molecule has 1 amide bonds. The van der Waals surface area contributed by atoms with E-state index in [-0.39, 0.29) is 36.7 Å². The fourth-order valence-electron chi connectivity index (χ4n) is 4.27. The second-order valence-electron chi connectivity index (χ2n) is 8.79. The number of benzene rings is 1. The first-order valence-corrected chi connectivity index (χ1v) is 14.1. The van der Waals surface area contributed by atoms with E-state index in [0.717, 1.165) is 19.1 Å². The minimum absolute atomic E-state index is 0.0707. The predicted octanol–water partition coefficient (Wildman–Crippen LogP) is 2.30. The second-order valence-corrected chi connectivity index (χ2v) is 11.4. The Morgan fingerprint density at radius 2 is 2.14 bits per heavy atom. The van der Waals surface area contributed by atoms with Crippen LogP contribution in [0.1, 0.15) is 41.0 Å². The molecule has 1 aliphatic rings. The molecule has 0 aliphatic heterocycles. The molecule has 1 saturated carbocycles. The number of halogens is 1. The predicted molar refractivity (Wildman–Crippen MR) is 133 cm³/mol. The summed E-state index contributed by atoms with van der Waals surface area (Å²) in [4.78, 5) is 32.5. The molecular formula is C23H27FN4O6S2. The number of fused-ring (bicyclic) bond motifs is 1. The molecule has 0 radical (unpaired) electrons. The molecule has 1 fully saturated rings. The maximum Gasteiger partial charge on any atom is 0.287 e. The Bertz CT molecular complexity index is 1420. The number of H-pyrrole nitrogens is 1. The van der Waals surface area contributed by atoms with E-state index >= 15 is 0 Å². The molecule has 1 aliphatic carbocycles. The van der Waals surface area contributed by atoms with Crippen LogP contribution in [-0.4, -0.2) is 50.3 Å². The van der Waals surface area contributed by atoms with E-state index in [2.05, 4.69) is 20.0 Å². The van der Waals surface area contributed by atoms with Gasteiger partial charge in [0, 0.05) is 24.8 Å². The Labute approximate surface area is 211 Å². The Morgan fingerprint density at radius 1 is 1.33 bits per heavy atom. The smallest absolute Gasteiger partial charge is 0.287 e. The number of nitrogens with zero attached hydrogens (tertiary/aromatic N) is 1. The van der Waals surface area contributed by atoms with Crippen LogP contribution in [0, 0.1) is 11.7 Å². The molecule has 10 nitrogen and oxygen atoms in total. The van der Waals surface area contributed by atoms with Crippen molar-refractivity contribution in [3.8, 4) is 5.75 Å². The highest BCUT2D eigenvalue weighted by Gasteiger charge is 2.27. The summed E-state index contributed by atoms with van der Waals surface area (Å²) in [6, 6.07) is 4.18. The van der Waals surface area contributed by atoms with Crippen LogP contribution >= 0.6 is 11.3 Å². The van der Waals surface area contributed by atoms with E-state index in [0.29, 0.717) is 34.4 Å². The van der Waals surface area contributed by atoms with Crippen LogP contribution in [0.15, 0.2) is 28.4 Å². The molecule has 2 heterocycles. The van der Waals surface area contributed by atoms with Gasteiger partial charge in [-0.25, -0.2) is 22.5 Å². The molecule has 3 N–H and O–H groups in total. The molecule has 3 aromatic rings. The highest BCUT2D eigenvalue weighted by Crippen LogP contribution is 2.27. The average molecular weight is 539 g/mol. The zero-order valence-electron chi connectivity index (χ0n) is 19.8. The van der Waals surface area contributed by atoms with Gasteiger partial charge in [0.2, 0.25) is 15.8 Å². The van der Waals surface area contributed by atoms with Gasteiger partial charge in [0.15, 0.2) is 11.6 Å². The highest BCUT2D eigenvalue weighted by atomic mass is 32.2. The van der Waals surface area contributed by atoms with Gasteiger partial charge in [-0.05, 0) is 48.3 Å². The highest BCUT2D eigenvalue weighted by molar-refractivity contribution is 7.88. The molecule has 0 spiro atoms. The van der Waals surface area contributed by atoms with Crippen molar-refractivity contribution in [2.24, 2.45) is 5.92 Å². The van der Waals surface area contributed by atoms with Crippen molar-refractivity contribution in [3.63, 3.8) is 0 Å². The number of rotatable bonds is 10. The molecular weight excluding hydrogens is 511 g/mol. The molecule has 13 heteroatoms. The van der Waals surface area contributed by atoms with Gasteiger partial charge in [-0.1, -0.05) is 6.07 Å². The van der Waals surface area contributed by atoms with Gasteiger partial charge in [-0.15, -0.1) is 11.3 Å². The normalized spacial score (nSPS) is 18.0. The lowest BCUT2D eigenvalue weighted by Gasteiger charge is -2.12. The van der Waals surface area contributed by atoms with Gasteiger partial charge in [0.1, 0.15) is 4.83 Å². The number of sulfonamides is 1. The van der Waals surface area contributed by atoms with Crippen molar-refractivity contribution < 1.29 is 27.1 Å². The number of carbonyl (C=O) groups is 1. The fourth-order valence-corrected chi connectivity index (χ4v) is 6.02. The lowest BCUT2D eigenvalue weighted by molar-refractivity contribution is 0.0892. The summed E-state index contributed by atoms with van der Waals surface area (Å²) in [6.07, 6.45) is 3.50. The number of carbonyl (C=O) groups excluding carboxylic acids is 1. The van der Waals surface area contributed by atoms with E-state index in [1.165, 1.54) is 36.6 Å². The largest absolute Gasteiger partial charge is 0.494 e. The zero-order chi connectivity index (χ0) is 25.9. The minimum atomic E-state index is -3.23. The number of nitrogens with one attached hydrogen (secondary N) is 3. The van der Waals surface area contributed by atoms with Crippen LogP contribution in [0.4, 0.5) is 4.39 Å². The Hall–Kier alpha value is -2.87. The number of ether oxygens (including phenoxy) is 2. The third kappa shape index (κ3) is 6.46. The van der Waals surface area contributed by atoms with Crippen LogP contribution < -0.4 is 20.3 Å². The quantitative estimate of drug-likeness (QED) is 0.360. The van der Waals surface area contributed by atoms with Gasteiger partial charge in [0.05, 0.1) is 25.4 Å². The standard InChI is InChI=1S/C23H27FN4O6S2/c1-33-18-8-13(4-6-17(18)24)9-25-22(30)20-26-21(29)19-15(12-35-23(19)27-20)11-34-10-14-3-5-16(7-14)28-36(2,31)32/h4,6,8,12,14,16,28H,3,5,7,9-11H2,1-2H3,(H,25,30)(H,26,27,29). The molecule has 1 aromatic carbocycles. The van der Waals surface area contributed by atoms with Gasteiger partial charge in [0.25, 0.3) is 11.5 Å². The topological polar surface area (TPSA) is 139 Å². The van der Waals surface area contributed by atoms with Gasteiger partial charge < -0.3 is 19.8 Å². The Kier molecular flexibility index (Phi) is 8.03. The SMILES string of the molecule is COc1cc(CNC(=O)c2nc3scc(COCC4CCC(NS(C)(=O)=O)C4)c3c(=O)[nH]2)ccc1F. The molecule has 0 bridgehead atoms. The minimum Gasteiger partial charge on any atom is -0.494 e. The molecule has 36 heavy (non-hydrogen) atoms. The van der Waals surface area contributed by atoms with Crippen molar-refractivity contribution in [3.05, 3.63) is 56.7 Å². The first-order valence-electron chi connectivity index (χ1n) is 11.3. The number of aromatic nitrogens is 2. The van der Waals surface area contributed by atoms with Crippen molar-refractivity contribution in [1.29, 1.82) is 0 Å². The molecule has 194 valence electrons. The van der Waals surface area contributed by atoms with Gasteiger partial charge >= 0.3 is 0 Å². The Balaban J connectivity index is 1.35. The summed E-state index contributed by atoms with van der Waals surface area (Å²) >= 11 is 1.24. The first kappa shape index (κ1) is 26.2. The Morgan fingerprint density at radius 3 is 2.89 bits per heavy atom. The number of aromatic amines is 1. The summed E-state index contributed by atoms with van der Waals surface area (Å²) in [6.45, 7) is 0.769. The van der Waals surface area contributed by atoms with Crippen LogP contribution in [0.3, 0.4) is 0 Å². The van der Waals surface area contributed by atoms with E-state index in [4.69, 9.17) is 9.47 Å². The molecule has 2 unspecified atom stereocenters. The van der Waals surface area contributed by atoms with Crippen LogP contribution in [0.5, 0.6) is 5.75 Å². The van der Waals surface area contributed by atoms with Crippen LogP contribution in [0.25, 0.3) is 10.2 Å². The monoisotopic (exact) mass is 538 g/mol. The van der Waals surface area contributed by atoms with Gasteiger partial charge in [-0.3, -0.25) is 9.59 Å². The lowest BCUT2D eigenvalue weighted by atomic mass is 10.1. The van der Waals surface area contributed by atoms with Crippen LogP contribution in [-0.2, 0) is 27.9 Å². The van der Waals surface area contributed by atoms with Gasteiger partial charge in [-0.2, -0.15) is 0 Å². The maximum absolute atomic E-state index is 13.6. The first-order chi connectivity index (χ1) is 17.1. The summed E-state index contributed by atoms with van der Waals surface area (Å²) < 4.78 is 49.8. The van der Waals surface area contributed by atoms with E-state index in [1.807, 2.05) is 0 Å². The molecule has 2 aromatic heterocycles. The van der Waals surface area contributed by atoms with E-state index in [9.17, 15) is 22.4 Å². The van der Waals surface area contributed by atoms with E-state index < -0.39 is 27.3 Å². The third-order valence-electron chi connectivity index (χ3n) is 5.94. The third-order valence-corrected chi connectivity index (χ3v) is 7.62. The number of thiophene rings is 1. The van der Waals surface area contributed by atoms with Crippen LogP contribution in [0.2, 0.25) is 0 Å². The summed E-state index contributed by atoms with van der Waals surface area (Å²) in [5.41, 5.74) is 0.867. The van der Waals surface area contributed by atoms with Crippen molar-refractivity contribution in [1.82, 2.24) is 20.0 Å². The fraction of sp³-hybridized carbons (Fsp3) is 0.435.